The number of rotatable bonds is 5. The van der Waals surface area contributed by atoms with Crippen LogP contribution in [-0.4, -0.2) is 28.9 Å². The Morgan fingerprint density at radius 1 is 1.71 bits per heavy atom. The maximum Gasteiger partial charge on any atom is 0.312 e. The Kier molecular flexibility index (Phi) is 4.38. The molecule has 1 aromatic rings. The Labute approximate surface area is 106 Å². The zero-order valence-electron chi connectivity index (χ0n) is 9.09. The summed E-state index contributed by atoms with van der Waals surface area (Å²) < 4.78 is 0.503. The fourth-order valence-corrected chi connectivity index (χ4v) is 1.64. The van der Waals surface area contributed by atoms with Crippen molar-refractivity contribution in [1.29, 1.82) is 0 Å². The summed E-state index contributed by atoms with van der Waals surface area (Å²) in [7, 11) is 0. The molecular formula is C9H11BrN4O3. The minimum Gasteiger partial charge on any atom is -0.368 e. The van der Waals surface area contributed by atoms with Crippen LogP contribution in [0.5, 0.6) is 0 Å². The van der Waals surface area contributed by atoms with Crippen molar-refractivity contribution in [2.24, 2.45) is 5.73 Å². The van der Waals surface area contributed by atoms with Crippen molar-refractivity contribution in [3.8, 4) is 0 Å². The number of hydrogen-bond acceptors (Lipinski definition) is 5. The first kappa shape index (κ1) is 13.4. The average Bonchev–Trinajstić information content (AvgIpc) is 2.25. The van der Waals surface area contributed by atoms with Crippen LogP contribution in [0.1, 0.15) is 6.92 Å². The molecule has 0 saturated carbocycles. The van der Waals surface area contributed by atoms with Crippen molar-refractivity contribution in [2.75, 3.05) is 18.0 Å². The fraction of sp³-hybridized carbons (Fsp3) is 0.333. The van der Waals surface area contributed by atoms with E-state index in [4.69, 9.17) is 5.73 Å². The van der Waals surface area contributed by atoms with Gasteiger partial charge < -0.3 is 10.6 Å². The van der Waals surface area contributed by atoms with Crippen LogP contribution in [0.3, 0.4) is 0 Å². The molecule has 17 heavy (non-hydrogen) atoms. The normalized spacial score (nSPS) is 10.0. The highest BCUT2D eigenvalue weighted by Gasteiger charge is 2.21. The lowest BCUT2D eigenvalue weighted by Gasteiger charge is -2.19. The number of nitrogens with zero attached hydrogens (tertiary/aromatic N) is 3. The largest absolute Gasteiger partial charge is 0.368 e. The Hall–Kier alpha value is -1.70. The summed E-state index contributed by atoms with van der Waals surface area (Å²) in [4.78, 5) is 26.6. The summed E-state index contributed by atoms with van der Waals surface area (Å²) in [6.07, 6.45) is 1.44. The van der Waals surface area contributed by atoms with E-state index in [0.717, 1.165) is 0 Å². The standard InChI is InChI=1S/C9H11BrN4O3/c1-2-13(5-8(11)15)9-7(14(16)17)3-6(10)4-12-9/h3-4H,2,5H2,1H3,(H2,11,15). The van der Waals surface area contributed by atoms with Gasteiger partial charge in [0.05, 0.1) is 11.5 Å². The van der Waals surface area contributed by atoms with Crippen molar-refractivity contribution < 1.29 is 9.72 Å². The maximum absolute atomic E-state index is 10.9. The van der Waals surface area contributed by atoms with Crippen molar-refractivity contribution >= 4 is 33.3 Å². The molecule has 1 amide bonds. The van der Waals surface area contributed by atoms with Crippen molar-refractivity contribution in [3.05, 3.63) is 26.9 Å². The van der Waals surface area contributed by atoms with Gasteiger partial charge in [0.15, 0.2) is 0 Å². The number of pyridine rings is 1. The lowest BCUT2D eigenvalue weighted by atomic mass is 10.3. The average molecular weight is 303 g/mol. The summed E-state index contributed by atoms with van der Waals surface area (Å²) in [6, 6.07) is 1.34. The molecule has 0 radical (unpaired) electrons. The summed E-state index contributed by atoms with van der Waals surface area (Å²) in [6.45, 7) is 2.06. The van der Waals surface area contributed by atoms with Gasteiger partial charge in [-0.15, -0.1) is 0 Å². The van der Waals surface area contributed by atoms with E-state index in [2.05, 4.69) is 20.9 Å². The number of hydrogen-bond donors (Lipinski definition) is 1. The molecular weight excluding hydrogens is 292 g/mol. The van der Waals surface area contributed by atoms with Crippen molar-refractivity contribution in [2.45, 2.75) is 6.92 Å². The second-order valence-electron chi connectivity index (χ2n) is 3.23. The van der Waals surface area contributed by atoms with E-state index in [-0.39, 0.29) is 18.1 Å². The fourth-order valence-electron chi connectivity index (χ4n) is 1.32. The molecule has 0 saturated heterocycles. The van der Waals surface area contributed by atoms with E-state index in [0.29, 0.717) is 11.0 Å². The van der Waals surface area contributed by atoms with Gasteiger partial charge >= 0.3 is 5.69 Å². The van der Waals surface area contributed by atoms with Crippen LogP contribution >= 0.6 is 15.9 Å². The number of nitrogens with two attached hydrogens (primary N) is 1. The summed E-state index contributed by atoms with van der Waals surface area (Å²) >= 11 is 3.11. The van der Waals surface area contributed by atoms with Gasteiger partial charge in [-0.05, 0) is 22.9 Å². The number of primary amides is 1. The van der Waals surface area contributed by atoms with E-state index < -0.39 is 10.8 Å². The second kappa shape index (κ2) is 5.58. The van der Waals surface area contributed by atoms with Crippen LogP contribution < -0.4 is 10.6 Å². The van der Waals surface area contributed by atoms with Gasteiger partial charge in [0.1, 0.15) is 0 Å². The molecule has 0 bridgehead atoms. The van der Waals surface area contributed by atoms with Gasteiger partial charge in [-0.1, -0.05) is 0 Å². The molecule has 92 valence electrons. The van der Waals surface area contributed by atoms with E-state index in [1.807, 2.05) is 0 Å². The molecule has 0 aliphatic rings. The predicted octanol–water partition coefficient (Wildman–Crippen LogP) is 1.06. The Bertz CT molecular complexity index is 452. The monoisotopic (exact) mass is 302 g/mol. The van der Waals surface area contributed by atoms with Gasteiger partial charge in [0, 0.05) is 23.3 Å². The number of amides is 1. The summed E-state index contributed by atoms with van der Waals surface area (Å²) in [5, 5.41) is 10.9. The first-order chi connectivity index (χ1) is 7.95. The molecule has 8 heteroatoms. The molecule has 0 spiro atoms. The first-order valence-electron chi connectivity index (χ1n) is 4.79. The zero-order valence-corrected chi connectivity index (χ0v) is 10.7. The maximum atomic E-state index is 10.9. The van der Waals surface area contributed by atoms with Crippen LogP contribution in [-0.2, 0) is 4.79 Å². The molecule has 2 N–H and O–H groups in total. The number of nitro groups is 1. The third-order valence-electron chi connectivity index (χ3n) is 2.04. The van der Waals surface area contributed by atoms with E-state index in [1.54, 1.807) is 6.92 Å². The molecule has 7 nitrogen and oxygen atoms in total. The molecule has 0 atom stereocenters. The highest BCUT2D eigenvalue weighted by molar-refractivity contribution is 9.10. The Balaban J connectivity index is 3.18. The topological polar surface area (TPSA) is 102 Å². The molecule has 0 aliphatic carbocycles. The molecule has 0 aromatic carbocycles. The minimum atomic E-state index is -0.564. The molecule has 0 unspecified atom stereocenters. The number of carbonyl (C=O) groups excluding carboxylic acids is 1. The molecule has 1 heterocycles. The van der Waals surface area contributed by atoms with Crippen LogP contribution in [0, 0.1) is 10.1 Å². The van der Waals surface area contributed by atoms with Gasteiger partial charge in [-0.3, -0.25) is 14.9 Å². The highest BCUT2D eigenvalue weighted by Crippen LogP contribution is 2.28. The second-order valence-corrected chi connectivity index (χ2v) is 4.15. The van der Waals surface area contributed by atoms with E-state index in [1.165, 1.54) is 17.2 Å². The van der Waals surface area contributed by atoms with E-state index >= 15 is 0 Å². The Morgan fingerprint density at radius 3 is 2.82 bits per heavy atom. The van der Waals surface area contributed by atoms with E-state index in [9.17, 15) is 14.9 Å². The number of likely N-dealkylation sites (N-methyl/N-ethyl adjacent to an activating group) is 1. The lowest BCUT2D eigenvalue weighted by Crippen LogP contribution is -2.34. The van der Waals surface area contributed by atoms with Gasteiger partial charge in [-0.2, -0.15) is 0 Å². The third kappa shape index (κ3) is 3.38. The smallest absolute Gasteiger partial charge is 0.312 e. The van der Waals surface area contributed by atoms with Gasteiger partial charge in [0.2, 0.25) is 11.7 Å². The van der Waals surface area contributed by atoms with Crippen LogP contribution in [0.25, 0.3) is 0 Å². The first-order valence-corrected chi connectivity index (χ1v) is 5.58. The minimum absolute atomic E-state index is 0.105. The Morgan fingerprint density at radius 2 is 2.35 bits per heavy atom. The van der Waals surface area contributed by atoms with Gasteiger partial charge in [0.25, 0.3) is 0 Å². The number of anilines is 1. The third-order valence-corrected chi connectivity index (χ3v) is 2.47. The number of aromatic nitrogens is 1. The summed E-state index contributed by atoms with van der Waals surface area (Å²) in [5.41, 5.74) is 4.91. The molecule has 0 fully saturated rings. The molecule has 0 aliphatic heterocycles. The zero-order chi connectivity index (χ0) is 13.0. The van der Waals surface area contributed by atoms with Crippen LogP contribution in [0.4, 0.5) is 11.5 Å². The van der Waals surface area contributed by atoms with Crippen LogP contribution in [0.15, 0.2) is 16.7 Å². The predicted molar refractivity (Wildman–Crippen MR) is 65.7 cm³/mol. The highest BCUT2D eigenvalue weighted by atomic mass is 79.9. The lowest BCUT2D eigenvalue weighted by molar-refractivity contribution is -0.384. The molecule has 1 rings (SSSR count). The quantitative estimate of drug-likeness (QED) is 0.647. The van der Waals surface area contributed by atoms with Gasteiger partial charge in [-0.25, -0.2) is 4.98 Å². The number of halogens is 1. The van der Waals surface area contributed by atoms with Crippen molar-refractivity contribution in [1.82, 2.24) is 4.98 Å². The number of carbonyl (C=O) groups is 1. The van der Waals surface area contributed by atoms with Crippen molar-refractivity contribution in [3.63, 3.8) is 0 Å². The molecule has 1 aromatic heterocycles. The summed E-state index contributed by atoms with van der Waals surface area (Å²) in [5.74, 6) is -0.426. The van der Waals surface area contributed by atoms with Crippen LogP contribution in [0.2, 0.25) is 0 Å². The SMILES string of the molecule is CCN(CC(N)=O)c1ncc(Br)cc1[N+](=O)[O-].